The molecule has 0 heterocycles. The Hall–Kier alpha value is -1.02. The molecule has 2 fully saturated rings. The molecule has 2 aliphatic rings. The zero-order valence-electron chi connectivity index (χ0n) is 13.6. The third-order valence-corrected chi connectivity index (χ3v) is 4.82. The van der Waals surface area contributed by atoms with Gasteiger partial charge in [0.25, 0.3) is 0 Å². The molecule has 0 spiro atoms. The van der Waals surface area contributed by atoms with E-state index in [1.54, 1.807) is 0 Å². The van der Waals surface area contributed by atoms with E-state index in [0.717, 1.165) is 24.9 Å². The van der Waals surface area contributed by atoms with Crippen LogP contribution in [0, 0.1) is 5.92 Å². The molecule has 1 aromatic rings. The van der Waals surface area contributed by atoms with Crippen LogP contribution < -0.4 is 10.2 Å². The number of hydrogen-bond acceptors (Lipinski definition) is 2. The second kappa shape index (κ2) is 6.83. The van der Waals surface area contributed by atoms with E-state index in [9.17, 15) is 0 Å². The molecular formula is C19H30N2. The van der Waals surface area contributed by atoms with Crippen LogP contribution in [-0.2, 0) is 0 Å². The molecule has 0 saturated heterocycles. The summed E-state index contributed by atoms with van der Waals surface area (Å²) in [6, 6.07) is 10.7. The number of nitrogens with zero attached hydrogens (tertiary/aromatic N) is 1. The van der Waals surface area contributed by atoms with E-state index in [4.69, 9.17) is 0 Å². The van der Waals surface area contributed by atoms with Crippen molar-refractivity contribution in [3.05, 3.63) is 29.8 Å². The Morgan fingerprint density at radius 3 is 2.33 bits per heavy atom. The van der Waals surface area contributed by atoms with Gasteiger partial charge in [-0.2, -0.15) is 0 Å². The Labute approximate surface area is 129 Å². The monoisotopic (exact) mass is 286 g/mol. The molecule has 1 N–H and O–H groups in total. The third-order valence-electron chi connectivity index (χ3n) is 4.82. The maximum absolute atomic E-state index is 3.65. The summed E-state index contributed by atoms with van der Waals surface area (Å²) in [6.45, 7) is 6.89. The quantitative estimate of drug-likeness (QED) is 0.718. The van der Waals surface area contributed by atoms with Gasteiger partial charge in [-0.3, -0.25) is 0 Å². The normalized spacial score (nSPS) is 19.5. The lowest BCUT2D eigenvalue weighted by Crippen LogP contribution is -2.28. The van der Waals surface area contributed by atoms with Crippen molar-refractivity contribution in [2.45, 2.75) is 64.5 Å². The summed E-state index contributed by atoms with van der Waals surface area (Å²) in [7, 11) is 0. The first-order chi connectivity index (χ1) is 10.3. The maximum atomic E-state index is 3.65. The summed E-state index contributed by atoms with van der Waals surface area (Å²) in [5.74, 6) is 0.972. The summed E-state index contributed by atoms with van der Waals surface area (Å²) in [5, 5.41) is 3.65. The van der Waals surface area contributed by atoms with Crippen LogP contribution in [-0.4, -0.2) is 19.1 Å². The van der Waals surface area contributed by atoms with Crippen molar-refractivity contribution in [2.24, 2.45) is 5.92 Å². The molecule has 0 amide bonds. The average Bonchev–Trinajstić information content (AvgIpc) is 3.39. The lowest BCUT2D eigenvalue weighted by atomic mass is 10.0. The number of rotatable bonds is 9. The summed E-state index contributed by atoms with van der Waals surface area (Å²) in [5.41, 5.74) is 2.88. The van der Waals surface area contributed by atoms with E-state index >= 15 is 0 Å². The van der Waals surface area contributed by atoms with Gasteiger partial charge in [0.15, 0.2) is 0 Å². The second-order valence-electron chi connectivity index (χ2n) is 6.83. The SMILES string of the molecule is CCCNC(CC)c1ccc(N(CC2CC2)C2CC2)cc1. The van der Waals surface area contributed by atoms with Gasteiger partial charge in [0.1, 0.15) is 0 Å². The predicted octanol–water partition coefficient (Wildman–Crippen LogP) is 4.52. The van der Waals surface area contributed by atoms with Crippen LogP contribution in [0.1, 0.15) is 64.0 Å². The van der Waals surface area contributed by atoms with Crippen LogP contribution in [0.2, 0.25) is 0 Å². The molecule has 0 radical (unpaired) electrons. The first-order valence-electron chi connectivity index (χ1n) is 8.91. The minimum absolute atomic E-state index is 0.511. The molecule has 2 saturated carbocycles. The molecule has 116 valence electrons. The molecule has 0 aromatic heterocycles. The van der Waals surface area contributed by atoms with Gasteiger partial charge in [-0.15, -0.1) is 0 Å². The van der Waals surface area contributed by atoms with Crippen molar-refractivity contribution >= 4 is 5.69 Å². The van der Waals surface area contributed by atoms with Gasteiger partial charge in [-0.1, -0.05) is 26.0 Å². The Morgan fingerprint density at radius 2 is 1.81 bits per heavy atom. The predicted molar refractivity (Wildman–Crippen MR) is 90.9 cm³/mol. The molecule has 3 rings (SSSR count). The van der Waals surface area contributed by atoms with Gasteiger partial charge in [0.05, 0.1) is 0 Å². The van der Waals surface area contributed by atoms with Gasteiger partial charge >= 0.3 is 0 Å². The van der Waals surface area contributed by atoms with Crippen LogP contribution in [0.25, 0.3) is 0 Å². The van der Waals surface area contributed by atoms with Crippen molar-refractivity contribution in [2.75, 3.05) is 18.0 Å². The molecule has 1 aromatic carbocycles. The van der Waals surface area contributed by atoms with Gasteiger partial charge in [-0.25, -0.2) is 0 Å². The second-order valence-corrected chi connectivity index (χ2v) is 6.83. The molecule has 0 aliphatic heterocycles. The van der Waals surface area contributed by atoms with Crippen molar-refractivity contribution in [3.8, 4) is 0 Å². The maximum Gasteiger partial charge on any atom is 0.0369 e. The molecule has 2 heteroatoms. The van der Waals surface area contributed by atoms with Crippen LogP contribution >= 0.6 is 0 Å². The first-order valence-corrected chi connectivity index (χ1v) is 8.91. The number of anilines is 1. The highest BCUT2D eigenvalue weighted by Gasteiger charge is 2.33. The van der Waals surface area contributed by atoms with Gasteiger partial charge < -0.3 is 10.2 Å². The van der Waals surface area contributed by atoms with E-state index < -0.39 is 0 Å². The van der Waals surface area contributed by atoms with Crippen LogP contribution in [0.5, 0.6) is 0 Å². The molecule has 2 aliphatic carbocycles. The molecule has 2 nitrogen and oxygen atoms in total. The topological polar surface area (TPSA) is 15.3 Å². The van der Waals surface area contributed by atoms with Crippen LogP contribution in [0.15, 0.2) is 24.3 Å². The van der Waals surface area contributed by atoms with Gasteiger partial charge in [0, 0.05) is 24.3 Å². The Morgan fingerprint density at radius 1 is 1.10 bits per heavy atom. The van der Waals surface area contributed by atoms with E-state index in [2.05, 4.69) is 48.3 Å². The van der Waals surface area contributed by atoms with Crippen molar-refractivity contribution < 1.29 is 0 Å². The lowest BCUT2D eigenvalue weighted by molar-refractivity contribution is 0.518. The Kier molecular flexibility index (Phi) is 4.84. The number of nitrogens with one attached hydrogen (secondary N) is 1. The van der Waals surface area contributed by atoms with Crippen molar-refractivity contribution in [1.82, 2.24) is 5.32 Å². The van der Waals surface area contributed by atoms with Gasteiger partial charge in [0.2, 0.25) is 0 Å². The lowest BCUT2D eigenvalue weighted by Gasteiger charge is -2.25. The first kappa shape index (κ1) is 14.9. The van der Waals surface area contributed by atoms with E-state index in [1.807, 2.05) is 0 Å². The van der Waals surface area contributed by atoms with Crippen LogP contribution in [0.3, 0.4) is 0 Å². The Bertz CT molecular complexity index is 431. The van der Waals surface area contributed by atoms with E-state index in [0.29, 0.717) is 6.04 Å². The van der Waals surface area contributed by atoms with E-state index in [-0.39, 0.29) is 0 Å². The molecule has 1 unspecified atom stereocenters. The zero-order valence-corrected chi connectivity index (χ0v) is 13.6. The highest BCUT2D eigenvalue weighted by molar-refractivity contribution is 5.50. The van der Waals surface area contributed by atoms with E-state index in [1.165, 1.54) is 49.9 Å². The fourth-order valence-corrected chi connectivity index (χ4v) is 3.14. The summed E-state index contributed by atoms with van der Waals surface area (Å²) < 4.78 is 0. The fraction of sp³-hybridized carbons (Fsp3) is 0.684. The van der Waals surface area contributed by atoms with Crippen LogP contribution in [0.4, 0.5) is 5.69 Å². The fourth-order valence-electron chi connectivity index (χ4n) is 3.14. The van der Waals surface area contributed by atoms with Gasteiger partial charge in [-0.05, 0) is 68.7 Å². The molecule has 1 atom stereocenters. The summed E-state index contributed by atoms with van der Waals surface area (Å²) in [4.78, 5) is 2.67. The van der Waals surface area contributed by atoms with Crippen molar-refractivity contribution in [1.29, 1.82) is 0 Å². The summed E-state index contributed by atoms with van der Waals surface area (Å²) >= 11 is 0. The highest BCUT2D eigenvalue weighted by Crippen LogP contribution is 2.37. The zero-order chi connectivity index (χ0) is 14.7. The third kappa shape index (κ3) is 4.00. The minimum atomic E-state index is 0.511. The standard InChI is InChI=1S/C19H30N2/c1-3-13-20-19(4-2)16-7-9-17(10-8-16)21(18-11-12-18)14-15-5-6-15/h7-10,15,18-20H,3-6,11-14H2,1-2H3. The molecule has 21 heavy (non-hydrogen) atoms. The minimum Gasteiger partial charge on any atom is -0.368 e. The van der Waals surface area contributed by atoms with Crippen molar-refractivity contribution in [3.63, 3.8) is 0 Å². The summed E-state index contributed by atoms with van der Waals surface area (Å²) in [6.07, 6.45) is 8.04. The molecule has 0 bridgehead atoms. The number of benzene rings is 1. The molecular weight excluding hydrogens is 256 g/mol. The Balaban J connectivity index is 1.66. The smallest absolute Gasteiger partial charge is 0.0369 e. The highest BCUT2D eigenvalue weighted by atomic mass is 15.2. The largest absolute Gasteiger partial charge is 0.368 e. The number of hydrogen-bond donors (Lipinski definition) is 1. The average molecular weight is 286 g/mol.